The predicted molar refractivity (Wildman–Crippen MR) is 57.4 cm³/mol. The predicted octanol–water partition coefficient (Wildman–Crippen LogP) is 2.24. The maximum absolute atomic E-state index is 6.02. The van der Waals surface area contributed by atoms with Crippen molar-refractivity contribution in [1.29, 1.82) is 0 Å². The summed E-state index contributed by atoms with van der Waals surface area (Å²) in [6.45, 7) is 0. The molecular formula is C9H8ClN3S. The highest BCUT2D eigenvalue weighted by Gasteiger charge is 2.13. The van der Waals surface area contributed by atoms with Gasteiger partial charge in [0.25, 0.3) is 0 Å². The largest absolute Gasteiger partial charge is 0.320 e. The van der Waals surface area contributed by atoms with Gasteiger partial charge in [-0.25, -0.2) is 0 Å². The molecule has 0 aliphatic heterocycles. The van der Waals surface area contributed by atoms with Crippen LogP contribution in [0.5, 0.6) is 0 Å². The molecule has 0 aliphatic carbocycles. The van der Waals surface area contributed by atoms with Crippen LogP contribution in [0.2, 0.25) is 4.34 Å². The summed E-state index contributed by atoms with van der Waals surface area (Å²) in [6, 6.07) is 3.55. The van der Waals surface area contributed by atoms with E-state index in [2.05, 4.69) is 10.2 Å². The van der Waals surface area contributed by atoms with Crippen molar-refractivity contribution in [2.45, 2.75) is 6.04 Å². The van der Waals surface area contributed by atoms with Gasteiger partial charge in [-0.15, -0.1) is 11.3 Å². The summed E-state index contributed by atoms with van der Waals surface area (Å²) < 4.78 is 0.731. The molecule has 72 valence electrons. The molecule has 5 heteroatoms. The Bertz CT molecular complexity index is 415. The Morgan fingerprint density at radius 1 is 1.36 bits per heavy atom. The summed E-state index contributed by atoms with van der Waals surface area (Å²) in [7, 11) is 0. The van der Waals surface area contributed by atoms with Gasteiger partial charge >= 0.3 is 0 Å². The van der Waals surface area contributed by atoms with Crippen molar-refractivity contribution in [2.24, 2.45) is 5.73 Å². The molecule has 3 nitrogen and oxygen atoms in total. The molecule has 2 aromatic rings. The molecule has 0 saturated carbocycles. The smallest absolute Gasteiger partial charge is 0.0979 e. The molecule has 2 heterocycles. The lowest BCUT2D eigenvalue weighted by Crippen LogP contribution is -2.11. The van der Waals surface area contributed by atoms with Gasteiger partial charge in [-0.05, 0) is 23.1 Å². The molecule has 2 aromatic heterocycles. The SMILES string of the molecule is NC(c1ccnnc1)c1ccsc1Cl. The van der Waals surface area contributed by atoms with Crippen LogP contribution < -0.4 is 5.73 Å². The summed E-state index contributed by atoms with van der Waals surface area (Å²) in [4.78, 5) is 0. The van der Waals surface area contributed by atoms with E-state index in [1.807, 2.05) is 17.5 Å². The molecular weight excluding hydrogens is 218 g/mol. The van der Waals surface area contributed by atoms with E-state index in [-0.39, 0.29) is 6.04 Å². The summed E-state index contributed by atoms with van der Waals surface area (Å²) >= 11 is 7.46. The number of aromatic nitrogens is 2. The standard InChI is InChI=1S/C9H8ClN3S/c10-9-7(2-4-14-9)8(11)6-1-3-12-13-5-6/h1-5,8H,11H2. The van der Waals surface area contributed by atoms with Gasteiger partial charge in [0.2, 0.25) is 0 Å². The zero-order chi connectivity index (χ0) is 9.97. The summed E-state index contributed by atoms with van der Waals surface area (Å²) in [5.41, 5.74) is 7.87. The number of hydrogen-bond donors (Lipinski definition) is 1. The quantitative estimate of drug-likeness (QED) is 0.853. The average Bonchev–Trinajstić information content (AvgIpc) is 2.65. The third kappa shape index (κ3) is 1.77. The third-order valence-electron chi connectivity index (χ3n) is 1.95. The van der Waals surface area contributed by atoms with E-state index >= 15 is 0 Å². The van der Waals surface area contributed by atoms with Crippen LogP contribution in [0.25, 0.3) is 0 Å². The lowest BCUT2D eigenvalue weighted by atomic mass is 10.1. The van der Waals surface area contributed by atoms with E-state index in [0.29, 0.717) is 0 Å². The van der Waals surface area contributed by atoms with Gasteiger partial charge in [0.1, 0.15) is 0 Å². The Kier molecular flexibility index (Phi) is 2.77. The first-order chi connectivity index (χ1) is 6.79. The van der Waals surface area contributed by atoms with Crippen molar-refractivity contribution in [2.75, 3.05) is 0 Å². The number of nitrogens with zero attached hydrogens (tertiary/aromatic N) is 2. The molecule has 0 fully saturated rings. The minimum absolute atomic E-state index is 0.218. The Hall–Kier alpha value is -0.970. The highest BCUT2D eigenvalue weighted by atomic mass is 35.5. The normalized spacial score (nSPS) is 12.7. The van der Waals surface area contributed by atoms with Gasteiger partial charge in [-0.2, -0.15) is 10.2 Å². The Balaban J connectivity index is 2.34. The number of halogens is 1. The van der Waals surface area contributed by atoms with Crippen LogP contribution in [-0.4, -0.2) is 10.2 Å². The van der Waals surface area contributed by atoms with Crippen LogP contribution >= 0.6 is 22.9 Å². The molecule has 1 unspecified atom stereocenters. The third-order valence-corrected chi connectivity index (χ3v) is 3.15. The number of rotatable bonds is 2. The van der Waals surface area contributed by atoms with Crippen LogP contribution in [0.15, 0.2) is 29.9 Å². The fourth-order valence-electron chi connectivity index (χ4n) is 1.19. The summed E-state index contributed by atoms with van der Waals surface area (Å²) in [5, 5.41) is 9.39. The number of nitrogens with two attached hydrogens (primary N) is 1. The van der Waals surface area contributed by atoms with Gasteiger partial charge in [0.15, 0.2) is 0 Å². The molecule has 14 heavy (non-hydrogen) atoms. The minimum atomic E-state index is -0.218. The second kappa shape index (κ2) is 4.04. The monoisotopic (exact) mass is 225 g/mol. The molecule has 0 spiro atoms. The summed E-state index contributed by atoms with van der Waals surface area (Å²) in [6.07, 6.45) is 3.27. The first kappa shape index (κ1) is 9.58. The zero-order valence-electron chi connectivity index (χ0n) is 7.22. The topological polar surface area (TPSA) is 51.8 Å². The number of hydrogen-bond acceptors (Lipinski definition) is 4. The first-order valence-electron chi connectivity index (χ1n) is 4.04. The second-order valence-electron chi connectivity index (χ2n) is 2.80. The summed E-state index contributed by atoms with van der Waals surface area (Å²) in [5.74, 6) is 0. The highest BCUT2D eigenvalue weighted by Crippen LogP contribution is 2.30. The van der Waals surface area contributed by atoms with Crippen molar-refractivity contribution in [3.05, 3.63) is 45.4 Å². The van der Waals surface area contributed by atoms with E-state index in [9.17, 15) is 0 Å². The van der Waals surface area contributed by atoms with E-state index in [1.165, 1.54) is 11.3 Å². The van der Waals surface area contributed by atoms with Crippen LogP contribution in [0.4, 0.5) is 0 Å². The van der Waals surface area contributed by atoms with Crippen LogP contribution in [0.1, 0.15) is 17.2 Å². The van der Waals surface area contributed by atoms with Gasteiger partial charge < -0.3 is 5.73 Å². The molecule has 2 rings (SSSR count). The second-order valence-corrected chi connectivity index (χ2v) is 4.32. The maximum Gasteiger partial charge on any atom is 0.0979 e. The van der Waals surface area contributed by atoms with Crippen LogP contribution in [0, 0.1) is 0 Å². The van der Waals surface area contributed by atoms with Gasteiger partial charge in [0, 0.05) is 11.8 Å². The fourth-order valence-corrected chi connectivity index (χ4v) is 2.19. The van der Waals surface area contributed by atoms with Crippen molar-refractivity contribution in [3.8, 4) is 0 Å². The minimum Gasteiger partial charge on any atom is -0.320 e. The molecule has 1 atom stereocenters. The molecule has 0 radical (unpaired) electrons. The lowest BCUT2D eigenvalue weighted by Gasteiger charge is -2.09. The van der Waals surface area contributed by atoms with Gasteiger partial charge in [-0.1, -0.05) is 11.6 Å². The van der Waals surface area contributed by atoms with Crippen LogP contribution in [0.3, 0.4) is 0 Å². The molecule has 2 N–H and O–H groups in total. The zero-order valence-corrected chi connectivity index (χ0v) is 8.79. The highest BCUT2D eigenvalue weighted by molar-refractivity contribution is 7.14. The van der Waals surface area contributed by atoms with Crippen molar-refractivity contribution < 1.29 is 0 Å². The lowest BCUT2D eigenvalue weighted by molar-refractivity contribution is 0.850. The molecule has 0 saturated heterocycles. The molecule has 0 amide bonds. The van der Waals surface area contributed by atoms with E-state index < -0.39 is 0 Å². The van der Waals surface area contributed by atoms with E-state index in [4.69, 9.17) is 17.3 Å². The van der Waals surface area contributed by atoms with E-state index in [0.717, 1.165) is 15.5 Å². The Morgan fingerprint density at radius 2 is 2.21 bits per heavy atom. The molecule has 0 bridgehead atoms. The van der Waals surface area contributed by atoms with Crippen LogP contribution in [-0.2, 0) is 0 Å². The van der Waals surface area contributed by atoms with Crippen molar-refractivity contribution >= 4 is 22.9 Å². The maximum atomic E-state index is 6.02. The average molecular weight is 226 g/mol. The van der Waals surface area contributed by atoms with Crippen molar-refractivity contribution in [3.63, 3.8) is 0 Å². The molecule has 0 aliphatic rings. The van der Waals surface area contributed by atoms with Gasteiger partial charge in [-0.3, -0.25) is 0 Å². The fraction of sp³-hybridized carbons (Fsp3) is 0.111. The van der Waals surface area contributed by atoms with Gasteiger partial charge in [0.05, 0.1) is 16.6 Å². The first-order valence-corrected chi connectivity index (χ1v) is 5.30. The van der Waals surface area contributed by atoms with Crippen molar-refractivity contribution in [1.82, 2.24) is 10.2 Å². The Morgan fingerprint density at radius 3 is 2.79 bits per heavy atom. The Labute approximate surface area is 90.5 Å². The van der Waals surface area contributed by atoms with E-state index in [1.54, 1.807) is 12.4 Å². The number of thiophene rings is 1. The molecule has 0 aromatic carbocycles.